The Kier molecular flexibility index (Phi) is 8.16. The number of nitrogens with one attached hydrogen (secondary N) is 1. The predicted octanol–water partition coefficient (Wildman–Crippen LogP) is 3.25. The fourth-order valence-corrected chi connectivity index (χ4v) is 2.77. The first-order valence-electron chi connectivity index (χ1n) is 9.47. The molecule has 2 aromatic rings. The van der Waals surface area contributed by atoms with Gasteiger partial charge in [0.15, 0.2) is 11.5 Å². The summed E-state index contributed by atoms with van der Waals surface area (Å²) in [6.45, 7) is 4.84. The molecule has 0 fully saturated rings. The van der Waals surface area contributed by atoms with E-state index in [0.717, 1.165) is 12.1 Å². The first kappa shape index (κ1) is 25.2. The van der Waals surface area contributed by atoms with Gasteiger partial charge in [-0.2, -0.15) is 5.26 Å². The zero-order valence-corrected chi connectivity index (χ0v) is 18.1. The van der Waals surface area contributed by atoms with Crippen LogP contribution in [0.25, 0.3) is 6.08 Å². The van der Waals surface area contributed by atoms with Gasteiger partial charge in [0.05, 0.1) is 22.5 Å². The van der Waals surface area contributed by atoms with Gasteiger partial charge >= 0.3 is 5.97 Å². The Morgan fingerprint density at radius 3 is 2.26 bits per heavy atom. The highest BCUT2D eigenvalue weighted by Gasteiger charge is 2.26. The van der Waals surface area contributed by atoms with Crippen molar-refractivity contribution in [3.8, 4) is 17.6 Å². The summed E-state index contributed by atoms with van der Waals surface area (Å²) in [7, 11) is 1.28. The summed E-state index contributed by atoms with van der Waals surface area (Å²) in [5, 5.41) is 34.2. The van der Waals surface area contributed by atoms with E-state index in [1.807, 2.05) is 0 Å². The van der Waals surface area contributed by atoms with Gasteiger partial charge in [0.1, 0.15) is 17.2 Å². The Hall–Kier alpha value is -5.05. The number of nitriles is 1. The highest BCUT2D eigenvalue weighted by molar-refractivity contribution is 6.01. The van der Waals surface area contributed by atoms with Crippen molar-refractivity contribution >= 4 is 29.3 Å². The molecule has 0 unspecified atom stereocenters. The first-order valence-corrected chi connectivity index (χ1v) is 9.47. The molecule has 2 rings (SSSR count). The monoisotopic (exact) mass is 466 g/mol. The van der Waals surface area contributed by atoms with Crippen LogP contribution in [-0.2, 0) is 4.79 Å². The minimum Gasteiger partial charge on any atom is -0.493 e. The molecule has 0 aromatic heterocycles. The number of carbonyl (C=O) groups is 2. The van der Waals surface area contributed by atoms with E-state index in [0.29, 0.717) is 5.56 Å². The van der Waals surface area contributed by atoms with Gasteiger partial charge in [-0.05, 0) is 30.7 Å². The Morgan fingerprint density at radius 1 is 1.15 bits per heavy atom. The molecule has 0 spiro atoms. The number of rotatable bonds is 9. The SMILES string of the molecule is C=CCNC(=O)C(C#N)=Cc1ccc(OC(=O)c2cc([N+](=O)[O-])c(C)c([N+](=O)[O-])c2)c(OC)c1. The number of carbonyl (C=O) groups excluding carboxylic acids is 2. The van der Waals surface area contributed by atoms with Crippen molar-refractivity contribution < 1.29 is 28.9 Å². The van der Waals surface area contributed by atoms with Gasteiger partial charge in [-0.25, -0.2) is 4.79 Å². The number of benzene rings is 2. The molecule has 0 aliphatic heterocycles. The molecule has 0 heterocycles. The molecule has 1 N–H and O–H groups in total. The number of ether oxygens (including phenoxy) is 2. The van der Waals surface area contributed by atoms with Crippen LogP contribution in [0.15, 0.2) is 48.6 Å². The molecule has 0 aliphatic rings. The van der Waals surface area contributed by atoms with Gasteiger partial charge in [0, 0.05) is 18.7 Å². The Bertz CT molecular complexity index is 1230. The predicted molar refractivity (Wildman–Crippen MR) is 119 cm³/mol. The number of nitrogens with zero attached hydrogens (tertiary/aromatic N) is 3. The van der Waals surface area contributed by atoms with E-state index in [2.05, 4.69) is 11.9 Å². The third kappa shape index (κ3) is 5.80. The van der Waals surface area contributed by atoms with E-state index < -0.39 is 38.7 Å². The summed E-state index contributed by atoms with van der Waals surface area (Å²) in [6, 6.07) is 7.68. The molecule has 12 heteroatoms. The fourth-order valence-electron chi connectivity index (χ4n) is 2.77. The van der Waals surface area contributed by atoms with Crippen LogP contribution in [0.2, 0.25) is 0 Å². The zero-order chi connectivity index (χ0) is 25.4. The summed E-state index contributed by atoms with van der Waals surface area (Å²) in [6.07, 6.45) is 2.75. The van der Waals surface area contributed by atoms with E-state index in [1.165, 1.54) is 44.4 Å². The number of amides is 1. The van der Waals surface area contributed by atoms with E-state index in [4.69, 9.17) is 9.47 Å². The smallest absolute Gasteiger partial charge is 0.344 e. The molecule has 174 valence electrons. The minimum absolute atomic E-state index is 0.0435. The Balaban J connectivity index is 2.39. The van der Waals surface area contributed by atoms with Gasteiger partial charge in [-0.15, -0.1) is 6.58 Å². The molecule has 0 radical (unpaired) electrons. The maximum absolute atomic E-state index is 12.6. The van der Waals surface area contributed by atoms with Crippen LogP contribution in [0.4, 0.5) is 11.4 Å². The van der Waals surface area contributed by atoms with Crippen molar-refractivity contribution in [3.05, 3.63) is 85.5 Å². The first-order chi connectivity index (χ1) is 16.1. The molecular weight excluding hydrogens is 448 g/mol. The lowest BCUT2D eigenvalue weighted by Gasteiger charge is -2.11. The van der Waals surface area contributed by atoms with Crippen molar-refractivity contribution in [2.45, 2.75) is 6.92 Å². The topological polar surface area (TPSA) is 175 Å². The van der Waals surface area contributed by atoms with Gasteiger partial charge in [0.25, 0.3) is 17.3 Å². The third-order valence-corrected chi connectivity index (χ3v) is 4.46. The van der Waals surface area contributed by atoms with E-state index in [1.54, 1.807) is 6.07 Å². The minimum atomic E-state index is -1.09. The second-order valence-corrected chi connectivity index (χ2v) is 6.62. The fraction of sp³-hybridized carbons (Fsp3) is 0.136. The summed E-state index contributed by atoms with van der Waals surface area (Å²) >= 11 is 0. The number of nitro groups is 2. The molecule has 2 aromatic carbocycles. The van der Waals surface area contributed by atoms with Crippen molar-refractivity contribution in [1.29, 1.82) is 5.26 Å². The number of hydrogen-bond acceptors (Lipinski definition) is 9. The summed E-state index contributed by atoms with van der Waals surface area (Å²) in [4.78, 5) is 45.4. The van der Waals surface area contributed by atoms with Gasteiger partial charge in [-0.3, -0.25) is 25.0 Å². The number of esters is 1. The Morgan fingerprint density at radius 2 is 1.76 bits per heavy atom. The molecular formula is C22H18N4O8. The second-order valence-electron chi connectivity index (χ2n) is 6.62. The number of nitro benzene ring substituents is 2. The van der Waals surface area contributed by atoms with Crippen LogP contribution in [0, 0.1) is 38.5 Å². The van der Waals surface area contributed by atoms with Crippen molar-refractivity contribution in [2.24, 2.45) is 0 Å². The third-order valence-electron chi connectivity index (χ3n) is 4.46. The zero-order valence-electron chi connectivity index (χ0n) is 18.1. The lowest BCUT2D eigenvalue weighted by atomic mass is 10.1. The molecule has 34 heavy (non-hydrogen) atoms. The maximum Gasteiger partial charge on any atom is 0.344 e. The largest absolute Gasteiger partial charge is 0.493 e. The molecule has 0 aliphatic carbocycles. The van der Waals surface area contributed by atoms with Gasteiger partial charge < -0.3 is 14.8 Å². The van der Waals surface area contributed by atoms with E-state index >= 15 is 0 Å². The highest BCUT2D eigenvalue weighted by Crippen LogP contribution is 2.32. The van der Waals surface area contributed by atoms with Gasteiger partial charge in [-0.1, -0.05) is 12.1 Å². The maximum atomic E-state index is 12.6. The molecule has 1 amide bonds. The molecule has 0 bridgehead atoms. The van der Waals surface area contributed by atoms with Crippen LogP contribution in [0.1, 0.15) is 21.5 Å². The standard InChI is InChI=1S/C22H18N4O8/c1-4-7-24-21(27)16(12-23)8-14-5-6-19(20(9-14)33-3)34-22(28)15-10-17(25(29)30)13(2)18(11-15)26(31)32/h4-6,8-11H,1,7H2,2-3H3,(H,24,27). The molecule has 0 saturated carbocycles. The molecule has 12 nitrogen and oxygen atoms in total. The van der Waals surface area contributed by atoms with Crippen LogP contribution in [-0.4, -0.2) is 35.4 Å². The van der Waals surface area contributed by atoms with Crippen LogP contribution >= 0.6 is 0 Å². The van der Waals surface area contributed by atoms with Crippen LogP contribution < -0.4 is 14.8 Å². The summed E-state index contributed by atoms with van der Waals surface area (Å²) in [5.74, 6) is -1.75. The summed E-state index contributed by atoms with van der Waals surface area (Å²) in [5.41, 5.74) is -1.62. The van der Waals surface area contributed by atoms with Crippen molar-refractivity contribution in [1.82, 2.24) is 5.32 Å². The molecule has 0 atom stereocenters. The average molecular weight is 466 g/mol. The molecule has 0 saturated heterocycles. The number of hydrogen-bond donors (Lipinski definition) is 1. The number of methoxy groups -OCH3 is 1. The van der Waals surface area contributed by atoms with Crippen molar-refractivity contribution in [2.75, 3.05) is 13.7 Å². The normalized spacial score (nSPS) is 10.6. The van der Waals surface area contributed by atoms with E-state index in [-0.39, 0.29) is 29.2 Å². The lowest BCUT2D eigenvalue weighted by Crippen LogP contribution is -2.24. The quantitative estimate of drug-likeness (QED) is 0.111. The second kappa shape index (κ2) is 11.0. The van der Waals surface area contributed by atoms with Crippen LogP contribution in [0.3, 0.4) is 0 Å². The lowest BCUT2D eigenvalue weighted by molar-refractivity contribution is -0.395. The average Bonchev–Trinajstić information content (AvgIpc) is 2.81. The highest BCUT2D eigenvalue weighted by atomic mass is 16.6. The van der Waals surface area contributed by atoms with E-state index in [9.17, 15) is 35.1 Å². The van der Waals surface area contributed by atoms with Gasteiger partial charge in [0.2, 0.25) is 0 Å². The van der Waals surface area contributed by atoms with Crippen LogP contribution in [0.5, 0.6) is 11.5 Å². The Labute approximate surface area is 193 Å². The van der Waals surface area contributed by atoms with Crippen molar-refractivity contribution in [3.63, 3.8) is 0 Å². The summed E-state index contributed by atoms with van der Waals surface area (Å²) < 4.78 is 10.4.